The van der Waals surface area contributed by atoms with E-state index in [0.29, 0.717) is 0 Å². The molecule has 19 heavy (non-hydrogen) atoms. The molecule has 0 amide bonds. The van der Waals surface area contributed by atoms with Crippen molar-refractivity contribution >= 4 is 0 Å². The minimum atomic E-state index is 0.809. The minimum Gasteiger partial charge on any atom is -0.314 e. The molecule has 4 atom stereocenters. The molecule has 0 bridgehead atoms. The highest BCUT2D eigenvalue weighted by atomic mass is 14.9. The van der Waals surface area contributed by atoms with Gasteiger partial charge in [0, 0.05) is 6.04 Å². The van der Waals surface area contributed by atoms with Gasteiger partial charge in [0.1, 0.15) is 0 Å². The molecule has 0 aromatic rings. The Morgan fingerprint density at radius 3 is 2.47 bits per heavy atom. The molecule has 114 valence electrons. The van der Waals surface area contributed by atoms with Crippen LogP contribution >= 0.6 is 0 Å². The highest BCUT2D eigenvalue weighted by molar-refractivity contribution is 4.85. The van der Waals surface area contributed by atoms with Crippen molar-refractivity contribution in [3.63, 3.8) is 0 Å². The minimum absolute atomic E-state index is 0.809. The summed E-state index contributed by atoms with van der Waals surface area (Å²) < 4.78 is 0. The average Bonchev–Trinajstić information content (AvgIpc) is 2.45. The molecule has 0 aromatic heterocycles. The first-order chi connectivity index (χ1) is 9.24. The fourth-order valence-electron chi connectivity index (χ4n) is 3.93. The van der Waals surface area contributed by atoms with Crippen LogP contribution in [0.15, 0.2) is 0 Å². The molecule has 1 aliphatic rings. The Labute approximate surface area is 121 Å². The number of hydrogen-bond acceptors (Lipinski definition) is 1. The molecule has 1 rings (SSSR count). The van der Waals surface area contributed by atoms with E-state index in [1.54, 1.807) is 0 Å². The number of unbranched alkanes of at least 4 members (excludes halogenated alkanes) is 1. The van der Waals surface area contributed by atoms with Gasteiger partial charge in [-0.3, -0.25) is 0 Å². The summed E-state index contributed by atoms with van der Waals surface area (Å²) in [5, 5.41) is 3.76. The normalized spacial score (nSPS) is 29.4. The largest absolute Gasteiger partial charge is 0.314 e. The van der Waals surface area contributed by atoms with Gasteiger partial charge in [-0.15, -0.1) is 0 Å². The Kier molecular flexibility index (Phi) is 8.77. The molecular weight excluding hydrogens is 230 g/mol. The van der Waals surface area contributed by atoms with Crippen molar-refractivity contribution < 1.29 is 0 Å². The van der Waals surface area contributed by atoms with Crippen LogP contribution in [0.4, 0.5) is 0 Å². The zero-order chi connectivity index (χ0) is 14.1. The predicted octanol–water partition coefficient (Wildman–Crippen LogP) is 5.40. The van der Waals surface area contributed by atoms with Crippen LogP contribution < -0.4 is 5.32 Å². The van der Waals surface area contributed by atoms with E-state index >= 15 is 0 Å². The maximum atomic E-state index is 3.76. The van der Waals surface area contributed by atoms with Gasteiger partial charge < -0.3 is 5.32 Å². The maximum absolute atomic E-state index is 3.76. The van der Waals surface area contributed by atoms with Crippen LogP contribution in [0.5, 0.6) is 0 Å². The monoisotopic (exact) mass is 267 g/mol. The quantitative estimate of drug-likeness (QED) is 0.590. The molecule has 0 radical (unpaired) electrons. The first-order valence-corrected chi connectivity index (χ1v) is 8.98. The lowest BCUT2D eigenvalue weighted by Crippen LogP contribution is -2.41. The van der Waals surface area contributed by atoms with E-state index in [9.17, 15) is 0 Å². The Morgan fingerprint density at radius 1 is 1.11 bits per heavy atom. The molecule has 1 nitrogen and oxygen atoms in total. The summed E-state index contributed by atoms with van der Waals surface area (Å²) in [6.07, 6.45) is 12.8. The van der Waals surface area contributed by atoms with Crippen LogP contribution in [0.3, 0.4) is 0 Å². The van der Waals surface area contributed by atoms with Crippen LogP contribution in [0, 0.1) is 17.8 Å². The molecule has 0 heterocycles. The van der Waals surface area contributed by atoms with Gasteiger partial charge in [0.05, 0.1) is 0 Å². The average molecular weight is 268 g/mol. The van der Waals surface area contributed by atoms with Gasteiger partial charge in [-0.2, -0.15) is 0 Å². The smallest absolute Gasteiger partial charge is 0.00955 e. The standard InChI is InChI=1S/C18H37N/c1-5-9-10-15(6-2)13-17-14-16(7-3)11-12-18(17)19-8-4/h15-19H,5-14H2,1-4H3. The van der Waals surface area contributed by atoms with E-state index in [4.69, 9.17) is 0 Å². The lowest BCUT2D eigenvalue weighted by atomic mass is 9.72. The van der Waals surface area contributed by atoms with E-state index in [2.05, 4.69) is 33.0 Å². The predicted molar refractivity (Wildman–Crippen MR) is 86.5 cm³/mol. The molecule has 1 saturated carbocycles. The van der Waals surface area contributed by atoms with Gasteiger partial charge >= 0.3 is 0 Å². The highest BCUT2D eigenvalue weighted by Crippen LogP contribution is 2.36. The number of nitrogens with one attached hydrogen (secondary N) is 1. The third-order valence-corrected chi connectivity index (χ3v) is 5.31. The van der Waals surface area contributed by atoms with E-state index < -0.39 is 0 Å². The molecular formula is C18H37N. The van der Waals surface area contributed by atoms with E-state index in [-0.39, 0.29) is 0 Å². The van der Waals surface area contributed by atoms with E-state index in [1.807, 2.05) is 0 Å². The summed E-state index contributed by atoms with van der Waals surface area (Å²) in [5.74, 6) is 2.92. The summed E-state index contributed by atoms with van der Waals surface area (Å²) in [6, 6.07) is 0.809. The Morgan fingerprint density at radius 2 is 1.89 bits per heavy atom. The molecule has 4 unspecified atom stereocenters. The fourth-order valence-corrected chi connectivity index (χ4v) is 3.93. The Bertz CT molecular complexity index is 214. The third kappa shape index (κ3) is 5.85. The summed E-state index contributed by atoms with van der Waals surface area (Å²) >= 11 is 0. The summed E-state index contributed by atoms with van der Waals surface area (Å²) in [7, 11) is 0. The lowest BCUT2D eigenvalue weighted by Gasteiger charge is -2.38. The third-order valence-electron chi connectivity index (χ3n) is 5.31. The first-order valence-electron chi connectivity index (χ1n) is 8.98. The fraction of sp³-hybridized carbons (Fsp3) is 1.00. The second-order valence-electron chi connectivity index (χ2n) is 6.66. The van der Waals surface area contributed by atoms with Crippen molar-refractivity contribution in [2.45, 2.75) is 91.5 Å². The van der Waals surface area contributed by atoms with E-state index in [1.165, 1.54) is 57.8 Å². The molecule has 0 spiro atoms. The van der Waals surface area contributed by atoms with E-state index in [0.717, 1.165) is 30.3 Å². The van der Waals surface area contributed by atoms with Crippen LogP contribution in [-0.4, -0.2) is 12.6 Å². The van der Waals surface area contributed by atoms with Gasteiger partial charge in [0.25, 0.3) is 0 Å². The SMILES string of the molecule is CCCCC(CC)CC1CC(CC)CCC1NCC. The van der Waals surface area contributed by atoms with Crippen molar-refractivity contribution in [1.29, 1.82) is 0 Å². The van der Waals surface area contributed by atoms with Crippen LogP contribution in [0.25, 0.3) is 0 Å². The summed E-state index contributed by atoms with van der Waals surface area (Å²) in [5.41, 5.74) is 0. The van der Waals surface area contributed by atoms with Crippen LogP contribution in [0.2, 0.25) is 0 Å². The van der Waals surface area contributed by atoms with Crippen molar-refractivity contribution in [1.82, 2.24) is 5.32 Å². The summed E-state index contributed by atoms with van der Waals surface area (Å²) in [6.45, 7) is 10.5. The number of hydrogen-bond donors (Lipinski definition) is 1. The van der Waals surface area contributed by atoms with Crippen molar-refractivity contribution in [3.8, 4) is 0 Å². The van der Waals surface area contributed by atoms with Gasteiger partial charge in [0.15, 0.2) is 0 Å². The van der Waals surface area contributed by atoms with Gasteiger partial charge in [-0.1, -0.05) is 59.8 Å². The van der Waals surface area contributed by atoms with Crippen molar-refractivity contribution in [2.24, 2.45) is 17.8 Å². The molecule has 1 heteroatoms. The Hall–Kier alpha value is -0.0400. The highest BCUT2D eigenvalue weighted by Gasteiger charge is 2.30. The van der Waals surface area contributed by atoms with Crippen LogP contribution in [-0.2, 0) is 0 Å². The lowest BCUT2D eigenvalue weighted by molar-refractivity contribution is 0.166. The van der Waals surface area contributed by atoms with Gasteiger partial charge in [-0.05, 0) is 50.0 Å². The first kappa shape index (κ1) is 17.0. The Balaban J connectivity index is 2.51. The molecule has 0 saturated heterocycles. The molecule has 0 aromatic carbocycles. The topological polar surface area (TPSA) is 12.0 Å². The van der Waals surface area contributed by atoms with Gasteiger partial charge in [0.2, 0.25) is 0 Å². The molecule has 1 N–H and O–H groups in total. The zero-order valence-corrected chi connectivity index (χ0v) is 13.9. The second-order valence-corrected chi connectivity index (χ2v) is 6.66. The molecule has 1 aliphatic carbocycles. The molecule has 0 aliphatic heterocycles. The zero-order valence-electron chi connectivity index (χ0n) is 13.9. The van der Waals surface area contributed by atoms with Crippen LogP contribution in [0.1, 0.15) is 85.5 Å². The van der Waals surface area contributed by atoms with Crippen molar-refractivity contribution in [2.75, 3.05) is 6.54 Å². The molecule has 1 fully saturated rings. The second kappa shape index (κ2) is 9.80. The maximum Gasteiger partial charge on any atom is 0.00955 e. The van der Waals surface area contributed by atoms with Crippen molar-refractivity contribution in [3.05, 3.63) is 0 Å². The summed E-state index contributed by atoms with van der Waals surface area (Å²) in [4.78, 5) is 0. The van der Waals surface area contributed by atoms with Gasteiger partial charge in [-0.25, -0.2) is 0 Å². The number of rotatable bonds is 9.